The fraction of sp³-hybridized carbons (Fsp3) is 0.579. The molecule has 0 bridgehead atoms. The monoisotopic (exact) mass is 463 g/mol. The fourth-order valence-corrected chi connectivity index (χ4v) is 5.41. The van der Waals surface area contributed by atoms with E-state index in [2.05, 4.69) is 4.98 Å². The van der Waals surface area contributed by atoms with Gasteiger partial charge in [-0.05, 0) is 45.2 Å². The van der Waals surface area contributed by atoms with Crippen LogP contribution < -0.4 is 16.0 Å². The number of nitrogens with zero attached hydrogens (tertiary/aromatic N) is 2. The highest BCUT2D eigenvalue weighted by Crippen LogP contribution is 2.50. The molecule has 1 N–H and O–H groups in total. The molecule has 12 heteroatoms. The average molecular weight is 463 g/mol. The van der Waals surface area contributed by atoms with Crippen molar-refractivity contribution in [2.45, 2.75) is 45.6 Å². The summed E-state index contributed by atoms with van der Waals surface area (Å²) in [5, 5.41) is 0. The van der Waals surface area contributed by atoms with Crippen molar-refractivity contribution < 1.29 is 26.8 Å². The summed E-state index contributed by atoms with van der Waals surface area (Å²) in [4.78, 5) is 28.6. The Labute approximate surface area is 176 Å². The van der Waals surface area contributed by atoms with Gasteiger partial charge < -0.3 is 18.9 Å². The van der Waals surface area contributed by atoms with E-state index >= 15 is 0 Å². The van der Waals surface area contributed by atoms with Gasteiger partial charge in [0.25, 0.3) is 0 Å². The summed E-state index contributed by atoms with van der Waals surface area (Å²) in [6.07, 6.45) is -2.83. The fourth-order valence-electron chi connectivity index (χ4n) is 3.76. The maximum atomic E-state index is 13.8. The summed E-state index contributed by atoms with van der Waals surface area (Å²) in [5.41, 5.74) is -3.31. The first kappa shape index (κ1) is 23.6. The molecular formula is C19H25F3N3O5P. The van der Waals surface area contributed by atoms with Crippen molar-refractivity contribution >= 4 is 24.3 Å². The van der Waals surface area contributed by atoms with Crippen molar-refractivity contribution in [3.05, 3.63) is 38.4 Å². The third kappa shape index (κ3) is 5.05. The van der Waals surface area contributed by atoms with Crippen LogP contribution in [0.3, 0.4) is 0 Å². The highest BCUT2D eigenvalue weighted by atomic mass is 31.2. The molecule has 0 spiro atoms. The third-order valence-electron chi connectivity index (χ3n) is 5.06. The summed E-state index contributed by atoms with van der Waals surface area (Å²) < 4.78 is 65.7. The number of benzene rings is 1. The highest BCUT2D eigenvalue weighted by Gasteiger charge is 2.36. The smallest absolute Gasteiger partial charge is 0.371 e. The van der Waals surface area contributed by atoms with E-state index in [-0.39, 0.29) is 29.9 Å². The number of piperidine rings is 1. The van der Waals surface area contributed by atoms with E-state index in [1.807, 2.05) is 0 Å². The van der Waals surface area contributed by atoms with Crippen molar-refractivity contribution in [1.29, 1.82) is 0 Å². The van der Waals surface area contributed by atoms with E-state index < -0.39 is 36.7 Å². The van der Waals surface area contributed by atoms with Gasteiger partial charge in [0.05, 0.1) is 35.5 Å². The quantitative estimate of drug-likeness (QED) is 0.494. The number of fused-ring (bicyclic) bond motifs is 1. The Morgan fingerprint density at radius 1 is 1.06 bits per heavy atom. The van der Waals surface area contributed by atoms with E-state index in [0.717, 1.165) is 29.9 Å². The van der Waals surface area contributed by atoms with Gasteiger partial charge in [-0.1, -0.05) is 0 Å². The summed E-state index contributed by atoms with van der Waals surface area (Å²) >= 11 is 0. The lowest BCUT2D eigenvalue weighted by molar-refractivity contribution is -0.137. The van der Waals surface area contributed by atoms with Gasteiger partial charge in [-0.15, -0.1) is 0 Å². The number of aromatic nitrogens is 2. The van der Waals surface area contributed by atoms with Gasteiger partial charge in [0.2, 0.25) is 0 Å². The molecule has 0 atom stereocenters. The molecular weight excluding hydrogens is 438 g/mol. The molecule has 1 aromatic heterocycles. The molecule has 3 rings (SSSR count). The zero-order valence-corrected chi connectivity index (χ0v) is 18.2. The van der Waals surface area contributed by atoms with Gasteiger partial charge in [-0.3, -0.25) is 18.7 Å². The van der Waals surface area contributed by atoms with Gasteiger partial charge >= 0.3 is 24.9 Å². The summed E-state index contributed by atoms with van der Waals surface area (Å²) in [6, 6.07) is 2.05. The zero-order valence-electron chi connectivity index (χ0n) is 17.3. The number of nitrogens with one attached hydrogen (secondary N) is 1. The normalized spacial score (nSPS) is 15.6. The first-order valence-electron chi connectivity index (χ1n) is 10.1. The number of H-pyrrole nitrogens is 1. The third-order valence-corrected chi connectivity index (χ3v) is 6.99. The molecule has 1 aliphatic rings. The molecule has 1 aliphatic heterocycles. The van der Waals surface area contributed by atoms with Crippen molar-refractivity contribution in [3.8, 4) is 0 Å². The minimum atomic E-state index is -4.66. The molecule has 172 valence electrons. The molecule has 8 nitrogen and oxygen atoms in total. The second-order valence-electron chi connectivity index (χ2n) is 7.21. The Morgan fingerprint density at radius 2 is 1.68 bits per heavy atom. The first-order valence-corrected chi connectivity index (χ1v) is 11.8. The predicted molar refractivity (Wildman–Crippen MR) is 111 cm³/mol. The van der Waals surface area contributed by atoms with Crippen LogP contribution in [-0.4, -0.2) is 35.9 Å². The molecule has 0 unspecified atom stereocenters. The second kappa shape index (κ2) is 9.18. The van der Waals surface area contributed by atoms with Crippen LogP contribution in [0.25, 0.3) is 11.0 Å². The van der Waals surface area contributed by atoms with E-state index in [1.165, 1.54) is 6.07 Å². The van der Waals surface area contributed by atoms with Crippen molar-refractivity contribution in [1.82, 2.24) is 9.55 Å². The molecule has 31 heavy (non-hydrogen) atoms. The van der Waals surface area contributed by atoms with Crippen LogP contribution in [0.15, 0.2) is 21.7 Å². The number of rotatable bonds is 7. The molecule has 1 saturated heterocycles. The first-order chi connectivity index (χ1) is 14.6. The number of alkyl halides is 3. The van der Waals surface area contributed by atoms with E-state index in [0.29, 0.717) is 13.1 Å². The van der Waals surface area contributed by atoms with Crippen LogP contribution in [-0.2, 0) is 26.1 Å². The maximum Gasteiger partial charge on any atom is 0.418 e. The lowest BCUT2D eigenvalue weighted by Crippen LogP contribution is -2.37. The minimum Gasteiger partial charge on any atom is -0.371 e. The topological polar surface area (TPSA) is 93.6 Å². The van der Waals surface area contributed by atoms with Crippen molar-refractivity contribution in [3.63, 3.8) is 0 Å². The molecule has 2 aromatic rings. The summed E-state index contributed by atoms with van der Waals surface area (Å²) in [6.45, 7) is 4.13. The predicted octanol–water partition coefficient (Wildman–Crippen LogP) is 3.92. The molecule has 0 amide bonds. The van der Waals surface area contributed by atoms with Gasteiger partial charge in [-0.25, -0.2) is 0 Å². The highest BCUT2D eigenvalue weighted by molar-refractivity contribution is 7.52. The zero-order chi connectivity index (χ0) is 22.8. The number of hydrogen-bond donors (Lipinski definition) is 1. The van der Waals surface area contributed by atoms with Crippen LogP contribution in [0.2, 0.25) is 0 Å². The Kier molecular flexibility index (Phi) is 6.98. The van der Waals surface area contributed by atoms with Crippen LogP contribution in [0.5, 0.6) is 0 Å². The van der Waals surface area contributed by atoms with Crippen molar-refractivity contribution in [2.24, 2.45) is 0 Å². The van der Waals surface area contributed by atoms with Crippen molar-refractivity contribution in [2.75, 3.05) is 31.2 Å². The van der Waals surface area contributed by atoms with Gasteiger partial charge in [0.1, 0.15) is 6.29 Å². The van der Waals surface area contributed by atoms with Crippen LogP contribution in [0, 0.1) is 0 Å². The standard InChI is InChI=1S/C19H25F3N3O5P/c1-3-29-31(28,30-4-2)12-25-16-11-15(24-8-6-5-7-9-24)13(19(20,21)22)10-14(16)23-17(26)18(25)27/h10-11H,3-9,12H2,1-2H3,(H,23,26). The Balaban J connectivity index is 2.27. The molecule has 0 aliphatic carbocycles. The largest absolute Gasteiger partial charge is 0.418 e. The number of halogens is 3. The summed E-state index contributed by atoms with van der Waals surface area (Å²) in [7, 11) is -3.81. The Bertz CT molecular complexity index is 1100. The van der Waals surface area contributed by atoms with E-state index in [4.69, 9.17) is 9.05 Å². The average Bonchev–Trinajstić information content (AvgIpc) is 2.71. The van der Waals surface area contributed by atoms with E-state index in [9.17, 15) is 27.3 Å². The molecule has 0 saturated carbocycles. The van der Waals surface area contributed by atoms with Gasteiger partial charge in [0, 0.05) is 13.1 Å². The Morgan fingerprint density at radius 3 is 2.23 bits per heavy atom. The van der Waals surface area contributed by atoms with Crippen LogP contribution >= 0.6 is 7.60 Å². The van der Waals surface area contributed by atoms with Crippen LogP contribution in [0.4, 0.5) is 18.9 Å². The molecule has 1 fully saturated rings. The second-order valence-corrected chi connectivity index (χ2v) is 9.23. The van der Waals surface area contributed by atoms with Gasteiger partial charge in [-0.2, -0.15) is 13.2 Å². The lowest BCUT2D eigenvalue weighted by Gasteiger charge is -2.31. The Hall–Kier alpha value is -2.10. The summed E-state index contributed by atoms with van der Waals surface area (Å²) in [5.74, 6) is 0. The van der Waals surface area contributed by atoms with Crippen LogP contribution in [0.1, 0.15) is 38.7 Å². The molecule has 0 radical (unpaired) electrons. The molecule has 2 heterocycles. The van der Waals surface area contributed by atoms with Gasteiger partial charge in [0.15, 0.2) is 0 Å². The minimum absolute atomic E-state index is 0.0257. The lowest BCUT2D eigenvalue weighted by atomic mass is 10.1. The van der Waals surface area contributed by atoms with E-state index in [1.54, 1.807) is 18.7 Å². The SMILES string of the molecule is CCOP(=O)(Cn1c(=O)c(=O)[nH]c2cc(C(F)(F)F)c(N3CCCCC3)cc21)OCC. The number of aromatic amines is 1. The maximum absolute atomic E-state index is 13.8. The molecule has 1 aromatic carbocycles. The number of hydrogen-bond acceptors (Lipinski definition) is 6. The number of anilines is 1.